The molecule has 1 rings (SSSR count). The highest BCUT2D eigenvalue weighted by Gasteiger charge is 2.21. The Morgan fingerprint density at radius 3 is 2.61 bits per heavy atom. The van der Waals surface area contributed by atoms with Crippen molar-refractivity contribution >= 4 is 21.8 Å². The zero-order valence-electron chi connectivity index (χ0n) is 9.25. The van der Waals surface area contributed by atoms with Crippen molar-refractivity contribution in [3.63, 3.8) is 0 Å². The van der Waals surface area contributed by atoms with Gasteiger partial charge in [-0.05, 0) is 18.2 Å². The first kappa shape index (κ1) is 15.0. The average Bonchev–Trinajstić information content (AvgIpc) is 2.27. The van der Waals surface area contributed by atoms with Crippen LogP contribution in [0.4, 0.5) is 13.2 Å². The van der Waals surface area contributed by atoms with Gasteiger partial charge in [-0.15, -0.1) is 0 Å². The number of amides is 1. The van der Waals surface area contributed by atoms with Gasteiger partial charge in [-0.1, -0.05) is 15.9 Å². The molecule has 0 aromatic heterocycles. The van der Waals surface area contributed by atoms with Gasteiger partial charge in [0.05, 0.1) is 18.7 Å². The lowest BCUT2D eigenvalue weighted by atomic mass is 10.2. The Balaban J connectivity index is 2.94. The zero-order valence-corrected chi connectivity index (χ0v) is 10.8. The minimum absolute atomic E-state index is 0.265. The third-order valence-corrected chi connectivity index (χ3v) is 2.67. The molecule has 18 heavy (non-hydrogen) atoms. The van der Waals surface area contributed by atoms with E-state index in [2.05, 4.69) is 15.9 Å². The molecule has 0 saturated carbocycles. The molecule has 0 bridgehead atoms. The van der Waals surface area contributed by atoms with Crippen molar-refractivity contribution < 1.29 is 23.1 Å². The first-order valence-corrected chi connectivity index (χ1v) is 5.88. The molecule has 0 aliphatic heterocycles. The Kier molecular flexibility index (Phi) is 5.61. The molecular formula is C11H11BrF3NO2. The zero-order chi connectivity index (χ0) is 13.7. The van der Waals surface area contributed by atoms with Crippen molar-refractivity contribution in [1.29, 1.82) is 0 Å². The molecule has 0 spiro atoms. The second-order valence-corrected chi connectivity index (χ2v) is 4.41. The molecular weight excluding hydrogens is 315 g/mol. The van der Waals surface area contributed by atoms with Crippen LogP contribution < -0.4 is 0 Å². The summed E-state index contributed by atoms with van der Waals surface area (Å²) in [6.45, 7) is -1.57. The minimum atomic E-state index is -2.74. The topological polar surface area (TPSA) is 40.5 Å². The minimum Gasteiger partial charge on any atom is -0.395 e. The number of rotatable bonds is 5. The summed E-state index contributed by atoms with van der Waals surface area (Å²) in [6.07, 6.45) is -2.74. The highest BCUT2D eigenvalue weighted by atomic mass is 79.9. The smallest absolute Gasteiger partial charge is 0.257 e. The van der Waals surface area contributed by atoms with E-state index in [-0.39, 0.29) is 12.1 Å². The Hall–Kier alpha value is -1.08. The summed E-state index contributed by atoms with van der Waals surface area (Å²) < 4.78 is 38.5. The predicted octanol–water partition coefficient (Wildman–Crippen LogP) is 2.29. The number of hydrogen-bond acceptors (Lipinski definition) is 2. The molecule has 0 unspecified atom stereocenters. The van der Waals surface area contributed by atoms with Crippen LogP contribution >= 0.6 is 15.9 Å². The maximum absolute atomic E-state index is 13.5. The monoisotopic (exact) mass is 325 g/mol. The van der Waals surface area contributed by atoms with Crippen LogP contribution in [0.15, 0.2) is 22.7 Å². The number of halogens is 4. The summed E-state index contributed by atoms with van der Waals surface area (Å²) in [5.41, 5.74) is -0.299. The SMILES string of the molecule is O=C(c1ccc(Br)cc1F)N(CCO)CC(F)F. The van der Waals surface area contributed by atoms with Crippen molar-refractivity contribution in [2.24, 2.45) is 0 Å². The van der Waals surface area contributed by atoms with Crippen molar-refractivity contribution in [2.45, 2.75) is 6.43 Å². The van der Waals surface area contributed by atoms with Crippen LogP contribution in [-0.4, -0.2) is 42.0 Å². The summed E-state index contributed by atoms with van der Waals surface area (Å²) in [5, 5.41) is 8.72. The third kappa shape index (κ3) is 3.99. The van der Waals surface area contributed by atoms with E-state index < -0.39 is 31.3 Å². The van der Waals surface area contributed by atoms with Crippen LogP contribution in [0.5, 0.6) is 0 Å². The molecule has 3 nitrogen and oxygen atoms in total. The average molecular weight is 326 g/mol. The van der Waals surface area contributed by atoms with Gasteiger partial charge in [-0.2, -0.15) is 0 Å². The Morgan fingerprint density at radius 1 is 1.44 bits per heavy atom. The quantitative estimate of drug-likeness (QED) is 0.902. The van der Waals surface area contributed by atoms with Gasteiger partial charge in [0.2, 0.25) is 0 Å². The lowest BCUT2D eigenvalue weighted by Gasteiger charge is -2.21. The van der Waals surface area contributed by atoms with Gasteiger partial charge in [0.25, 0.3) is 12.3 Å². The standard InChI is InChI=1S/C11H11BrF3NO2/c12-7-1-2-8(9(13)5-7)11(18)16(3-4-17)6-10(14)15/h1-2,5,10,17H,3-4,6H2. The van der Waals surface area contributed by atoms with Gasteiger partial charge in [0.15, 0.2) is 0 Å². The molecule has 0 atom stereocenters. The van der Waals surface area contributed by atoms with E-state index in [1.807, 2.05) is 0 Å². The van der Waals surface area contributed by atoms with E-state index in [4.69, 9.17) is 5.11 Å². The van der Waals surface area contributed by atoms with Crippen molar-refractivity contribution in [3.05, 3.63) is 34.1 Å². The first-order chi connectivity index (χ1) is 8.45. The molecule has 100 valence electrons. The van der Waals surface area contributed by atoms with Crippen LogP contribution in [0.3, 0.4) is 0 Å². The van der Waals surface area contributed by atoms with Gasteiger partial charge >= 0.3 is 0 Å². The summed E-state index contributed by atoms with van der Waals surface area (Å²) >= 11 is 3.03. The molecule has 0 radical (unpaired) electrons. The van der Waals surface area contributed by atoms with E-state index in [1.165, 1.54) is 12.1 Å². The molecule has 0 fully saturated rings. The molecule has 0 aliphatic carbocycles. The van der Waals surface area contributed by atoms with Gasteiger partial charge in [0, 0.05) is 11.0 Å². The fourth-order valence-corrected chi connectivity index (χ4v) is 1.73. The lowest BCUT2D eigenvalue weighted by molar-refractivity contribution is 0.0505. The van der Waals surface area contributed by atoms with E-state index in [0.29, 0.717) is 4.47 Å². The van der Waals surface area contributed by atoms with Crippen molar-refractivity contribution in [3.8, 4) is 0 Å². The van der Waals surface area contributed by atoms with E-state index >= 15 is 0 Å². The molecule has 0 aliphatic rings. The molecule has 0 saturated heterocycles. The number of alkyl halides is 2. The second-order valence-electron chi connectivity index (χ2n) is 3.49. The van der Waals surface area contributed by atoms with Gasteiger partial charge in [-0.3, -0.25) is 4.79 Å². The summed E-state index contributed by atoms with van der Waals surface area (Å²) in [4.78, 5) is 12.5. The third-order valence-electron chi connectivity index (χ3n) is 2.18. The van der Waals surface area contributed by atoms with Crippen LogP contribution in [0.1, 0.15) is 10.4 Å². The molecule has 7 heteroatoms. The van der Waals surface area contributed by atoms with Crippen LogP contribution in [0.25, 0.3) is 0 Å². The Labute approximate surface area is 110 Å². The highest BCUT2D eigenvalue weighted by molar-refractivity contribution is 9.10. The maximum Gasteiger partial charge on any atom is 0.257 e. The lowest BCUT2D eigenvalue weighted by Crippen LogP contribution is -2.37. The van der Waals surface area contributed by atoms with Crippen LogP contribution in [0, 0.1) is 5.82 Å². The van der Waals surface area contributed by atoms with Crippen LogP contribution in [0.2, 0.25) is 0 Å². The number of nitrogens with zero attached hydrogens (tertiary/aromatic N) is 1. The fourth-order valence-electron chi connectivity index (χ4n) is 1.40. The van der Waals surface area contributed by atoms with Crippen molar-refractivity contribution in [2.75, 3.05) is 19.7 Å². The molecule has 0 heterocycles. The van der Waals surface area contributed by atoms with Crippen molar-refractivity contribution in [1.82, 2.24) is 4.90 Å². The first-order valence-electron chi connectivity index (χ1n) is 5.09. The molecule has 1 N–H and O–H groups in total. The molecule has 1 aromatic carbocycles. The Morgan fingerprint density at radius 2 is 2.11 bits per heavy atom. The summed E-state index contributed by atoms with van der Waals surface area (Å²) in [5.74, 6) is -1.67. The Bertz CT molecular complexity index is 429. The summed E-state index contributed by atoms with van der Waals surface area (Å²) in [7, 11) is 0. The predicted molar refractivity (Wildman–Crippen MR) is 63.1 cm³/mol. The number of hydrogen-bond donors (Lipinski definition) is 1. The van der Waals surface area contributed by atoms with E-state index in [1.54, 1.807) is 0 Å². The number of benzene rings is 1. The van der Waals surface area contributed by atoms with Gasteiger partial charge < -0.3 is 10.0 Å². The number of carbonyl (C=O) groups excluding carboxylic acids is 1. The van der Waals surface area contributed by atoms with Gasteiger partial charge in [0.1, 0.15) is 5.82 Å². The number of aliphatic hydroxyl groups excluding tert-OH is 1. The number of carbonyl (C=O) groups is 1. The van der Waals surface area contributed by atoms with E-state index in [9.17, 15) is 18.0 Å². The second kappa shape index (κ2) is 6.75. The normalized spacial score (nSPS) is 10.8. The van der Waals surface area contributed by atoms with E-state index in [0.717, 1.165) is 11.0 Å². The summed E-state index contributed by atoms with van der Waals surface area (Å²) in [6, 6.07) is 3.72. The fraction of sp³-hybridized carbons (Fsp3) is 0.364. The maximum atomic E-state index is 13.5. The molecule has 1 aromatic rings. The largest absolute Gasteiger partial charge is 0.395 e. The highest BCUT2D eigenvalue weighted by Crippen LogP contribution is 2.17. The number of aliphatic hydroxyl groups is 1. The van der Waals surface area contributed by atoms with Gasteiger partial charge in [-0.25, -0.2) is 13.2 Å². The van der Waals surface area contributed by atoms with Crippen LogP contribution in [-0.2, 0) is 0 Å². The molecule has 1 amide bonds.